The highest BCUT2D eigenvalue weighted by Crippen LogP contribution is 2.18. The molecule has 0 saturated heterocycles. The van der Waals surface area contributed by atoms with Crippen LogP contribution in [0.3, 0.4) is 0 Å². The van der Waals surface area contributed by atoms with Crippen molar-refractivity contribution in [1.82, 2.24) is 5.32 Å². The van der Waals surface area contributed by atoms with Gasteiger partial charge in [-0.1, -0.05) is 6.92 Å². The Balaban J connectivity index is 0. The van der Waals surface area contributed by atoms with E-state index in [-0.39, 0.29) is 42.5 Å². The molecule has 0 heterocycles. The Hall–Kier alpha value is -0.210. The van der Waals surface area contributed by atoms with Crippen molar-refractivity contribution in [3.8, 4) is 0 Å². The van der Waals surface area contributed by atoms with Crippen LogP contribution < -0.4 is 11.1 Å². The topological polar surface area (TPSA) is 50.4 Å². The van der Waals surface area contributed by atoms with Crippen molar-refractivity contribution in [1.29, 1.82) is 0 Å². The lowest BCUT2D eigenvalue weighted by Crippen LogP contribution is -2.38. The molecule has 0 bridgehead atoms. The zero-order chi connectivity index (χ0) is 11.2. The Bertz CT molecular complexity index is 194. The maximum Gasteiger partial charge on any atom is 0.390 e. The van der Waals surface area contributed by atoms with Crippen molar-refractivity contribution in [2.24, 2.45) is 10.7 Å². The van der Waals surface area contributed by atoms with E-state index in [1.165, 1.54) is 0 Å². The summed E-state index contributed by atoms with van der Waals surface area (Å²) in [5.74, 6) is 0.0728. The summed E-state index contributed by atoms with van der Waals surface area (Å²) in [5, 5.41) is 2.78. The van der Waals surface area contributed by atoms with Crippen LogP contribution in [0.15, 0.2) is 4.99 Å². The predicted octanol–water partition coefficient (Wildman–Crippen LogP) is 2.26. The van der Waals surface area contributed by atoms with Crippen LogP contribution in [0.2, 0.25) is 0 Å². The van der Waals surface area contributed by atoms with Crippen LogP contribution in [0.25, 0.3) is 0 Å². The quantitative estimate of drug-likeness (QED) is 0.469. The first-order valence-corrected chi connectivity index (χ1v) is 4.48. The van der Waals surface area contributed by atoms with Gasteiger partial charge in [0.05, 0.1) is 13.0 Å². The third-order valence-electron chi connectivity index (χ3n) is 1.68. The smallest absolute Gasteiger partial charge is 0.370 e. The van der Waals surface area contributed by atoms with E-state index in [1.807, 2.05) is 13.8 Å². The molecule has 92 valence electrons. The zero-order valence-corrected chi connectivity index (χ0v) is 11.1. The first-order valence-electron chi connectivity index (χ1n) is 4.48. The zero-order valence-electron chi connectivity index (χ0n) is 8.77. The minimum absolute atomic E-state index is 0. The van der Waals surface area contributed by atoms with Crippen molar-refractivity contribution in [2.75, 3.05) is 6.54 Å². The van der Waals surface area contributed by atoms with Gasteiger partial charge in [0, 0.05) is 6.04 Å². The molecule has 7 heteroatoms. The summed E-state index contributed by atoms with van der Waals surface area (Å²) < 4.78 is 35.1. The van der Waals surface area contributed by atoms with E-state index in [0.29, 0.717) is 0 Å². The Morgan fingerprint density at radius 3 is 2.40 bits per heavy atom. The summed E-state index contributed by atoms with van der Waals surface area (Å²) in [6, 6.07) is 0.129. The number of rotatable bonds is 4. The van der Waals surface area contributed by atoms with E-state index in [1.54, 1.807) is 0 Å². The lowest BCUT2D eigenvalue weighted by Gasteiger charge is -2.11. The molecule has 0 aliphatic heterocycles. The third-order valence-corrected chi connectivity index (χ3v) is 1.68. The van der Waals surface area contributed by atoms with Crippen LogP contribution in [0, 0.1) is 0 Å². The lowest BCUT2D eigenvalue weighted by atomic mass is 10.3. The van der Waals surface area contributed by atoms with Gasteiger partial charge in [-0.15, -0.1) is 24.0 Å². The van der Waals surface area contributed by atoms with E-state index in [0.717, 1.165) is 6.42 Å². The van der Waals surface area contributed by atoms with Gasteiger partial charge in [0.2, 0.25) is 0 Å². The van der Waals surface area contributed by atoms with Gasteiger partial charge < -0.3 is 11.1 Å². The summed E-state index contributed by atoms with van der Waals surface area (Å²) >= 11 is 0. The number of halogens is 4. The van der Waals surface area contributed by atoms with Crippen LogP contribution in [0.1, 0.15) is 26.7 Å². The molecule has 1 atom stereocenters. The average molecular weight is 339 g/mol. The maximum absolute atomic E-state index is 11.7. The SMILES string of the molecule is CCC(C)NC(N)=NCCC(F)(F)F.I. The summed E-state index contributed by atoms with van der Waals surface area (Å²) in [6.45, 7) is 3.51. The van der Waals surface area contributed by atoms with Gasteiger partial charge in [-0.05, 0) is 13.3 Å². The number of aliphatic imine (C=N–C) groups is 1. The summed E-state index contributed by atoms with van der Waals surface area (Å²) in [5.41, 5.74) is 5.35. The molecule has 3 N–H and O–H groups in total. The predicted molar refractivity (Wildman–Crippen MR) is 65.5 cm³/mol. The molecule has 0 radical (unpaired) electrons. The van der Waals surface area contributed by atoms with Crippen molar-refractivity contribution in [3.63, 3.8) is 0 Å². The number of nitrogens with one attached hydrogen (secondary N) is 1. The average Bonchev–Trinajstić information content (AvgIpc) is 2.01. The second-order valence-electron chi connectivity index (χ2n) is 3.09. The molecule has 0 aromatic rings. The number of nitrogens with zero attached hydrogens (tertiary/aromatic N) is 1. The van der Waals surface area contributed by atoms with Gasteiger partial charge >= 0.3 is 6.18 Å². The van der Waals surface area contributed by atoms with Gasteiger partial charge in [0.15, 0.2) is 5.96 Å². The van der Waals surface area contributed by atoms with Crippen molar-refractivity contribution in [3.05, 3.63) is 0 Å². The number of guanidine groups is 1. The normalized spacial score (nSPS) is 14.3. The standard InChI is InChI=1S/C8H16F3N3.HI/c1-3-6(2)14-7(12)13-5-4-8(9,10)11;/h6H,3-5H2,1-2H3,(H3,12,13,14);1H. The second kappa shape index (κ2) is 8.00. The highest BCUT2D eigenvalue weighted by atomic mass is 127. The number of alkyl halides is 3. The fourth-order valence-electron chi connectivity index (χ4n) is 0.703. The fraction of sp³-hybridized carbons (Fsp3) is 0.875. The Morgan fingerprint density at radius 2 is 2.00 bits per heavy atom. The molecule has 0 rings (SSSR count). The molecule has 0 aromatic carbocycles. The number of nitrogens with two attached hydrogens (primary N) is 1. The summed E-state index contributed by atoms with van der Waals surface area (Å²) in [4.78, 5) is 3.56. The minimum Gasteiger partial charge on any atom is -0.370 e. The fourth-order valence-corrected chi connectivity index (χ4v) is 0.703. The molecule has 1 unspecified atom stereocenters. The first kappa shape index (κ1) is 17.2. The number of hydrogen-bond donors (Lipinski definition) is 2. The van der Waals surface area contributed by atoms with Gasteiger partial charge in [0.25, 0.3) is 0 Å². The minimum atomic E-state index is -4.17. The van der Waals surface area contributed by atoms with Crippen molar-refractivity contribution < 1.29 is 13.2 Å². The van der Waals surface area contributed by atoms with E-state index in [4.69, 9.17) is 5.73 Å². The molecule has 0 amide bonds. The third kappa shape index (κ3) is 11.7. The van der Waals surface area contributed by atoms with Crippen LogP contribution in [-0.4, -0.2) is 24.7 Å². The van der Waals surface area contributed by atoms with Gasteiger partial charge in [-0.3, -0.25) is 4.99 Å². The van der Waals surface area contributed by atoms with Gasteiger partial charge in [-0.25, -0.2) is 0 Å². The Morgan fingerprint density at radius 1 is 1.47 bits per heavy atom. The van der Waals surface area contributed by atoms with E-state index >= 15 is 0 Å². The monoisotopic (exact) mass is 339 g/mol. The van der Waals surface area contributed by atoms with E-state index in [2.05, 4.69) is 10.3 Å². The molecule has 0 spiro atoms. The molecule has 0 aliphatic carbocycles. The van der Waals surface area contributed by atoms with Crippen LogP contribution >= 0.6 is 24.0 Å². The molecule has 15 heavy (non-hydrogen) atoms. The molecular formula is C8H17F3IN3. The highest BCUT2D eigenvalue weighted by molar-refractivity contribution is 14.0. The van der Waals surface area contributed by atoms with E-state index in [9.17, 15) is 13.2 Å². The lowest BCUT2D eigenvalue weighted by molar-refractivity contribution is -0.132. The molecular weight excluding hydrogens is 322 g/mol. The Kier molecular flexibility index (Phi) is 9.17. The Labute approximate surface area is 105 Å². The van der Waals surface area contributed by atoms with Crippen molar-refractivity contribution >= 4 is 29.9 Å². The molecule has 0 saturated carbocycles. The van der Waals surface area contributed by atoms with Crippen molar-refractivity contribution in [2.45, 2.75) is 38.9 Å². The van der Waals surface area contributed by atoms with Gasteiger partial charge in [-0.2, -0.15) is 13.2 Å². The highest BCUT2D eigenvalue weighted by Gasteiger charge is 2.26. The second-order valence-corrected chi connectivity index (χ2v) is 3.09. The first-order chi connectivity index (χ1) is 6.35. The van der Waals surface area contributed by atoms with Gasteiger partial charge in [0.1, 0.15) is 0 Å². The maximum atomic E-state index is 11.7. The molecule has 0 aliphatic rings. The van der Waals surface area contributed by atoms with Crippen LogP contribution in [-0.2, 0) is 0 Å². The van der Waals surface area contributed by atoms with E-state index < -0.39 is 12.6 Å². The number of hydrogen-bond acceptors (Lipinski definition) is 1. The molecule has 3 nitrogen and oxygen atoms in total. The molecule has 0 aromatic heterocycles. The summed E-state index contributed by atoms with van der Waals surface area (Å²) in [7, 11) is 0. The van der Waals surface area contributed by atoms with Crippen LogP contribution in [0.5, 0.6) is 0 Å². The molecule has 0 fully saturated rings. The summed E-state index contributed by atoms with van der Waals surface area (Å²) in [6.07, 6.45) is -4.26. The van der Waals surface area contributed by atoms with Crippen LogP contribution in [0.4, 0.5) is 13.2 Å². The largest absolute Gasteiger partial charge is 0.390 e.